The van der Waals surface area contributed by atoms with E-state index in [9.17, 15) is 4.79 Å². The van der Waals surface area contributed by atoms with Crippen molar-refractivity contribution in [1.29, 1.82) is 0 Å². The maximum absolute atomic E-state index is 12.3. The molecule has 0 spiro atoms. The third-order valence-electron chi connectivity index (χ3n) is 4.44. The van der Waals surface area contributed by atoms with Crippen LogP contribution in [0, 0.1) is 6.92 Å². The normalized spacial score (nSPS) is 13.9. The van der Waals surface area contributed by atoms with Gasteiger partial charge in [-0.2, -0.15) is 5.10 Å². The lowest BCUT2D eigenvalue weighted by molar-refractivity contribution is 0.181. The Morgan fingerprint density at radius 3 is 3.12 bits per heavy atom. The van der Waals surface area contributed by atoms with Gasteiger partial charge in [-0.05, 0) is 31.5 Å². The van der Waals surface area contributed by atoms with E-state index in [1.165, 1.54) is 0 Å². The van der Waals surface area contributed by atoms with Crippen molar-refractivity contribution in [3.05, 3.63) is 47.7 Å². The van der Waals surface area contributed by atoms with Gasteiger partial charge in [-0.1, -0.05) is 6.07 Å². The van der Waals surface area contributed by atoms with Crippen LogP contribution in [0.5, 0.6) is 0 Å². The number of urea groups is 1. The van der Waals surface area contributed by atoms with Gasteiger partial charge in [-0.3, -0.25) is 9.08 Å². The molecular weight excluding hydrogens is 318 g/mol. The third-order valence-corrected chi connectivity index (χ3v) is 4.44. The summed E-state index contributed by atoms with van der Waals surface area (Å²) >= 11 is 0. The van der Waals surface area contributed by atoms with Gasteiger partial charge in [0.25, 0.3) is 0 Å². The van der Waals surface area contributed by atoms with Crippen molar-refractivity contribution >= 4 is 11.7 Å². The Hall–Kier alpha value is -2.90. The van der Waals surface area contributed by atoms with E-state index in [0.29, 0.717) is 19.6 Å². The minimum absolute atomic E-state index is 0.0174. The van der Waals surface area contributed by atoms with E-state index >= 15 is 0 Å². The number of rotatable bonds is 4. The minimum Gasteiger partial charge on any atom is -0.338 e. The molecule has 25 heavy (non-hydrogen) atoms. The SMILES string of the molecule is Cc1cc2n(n1)CCN(C(=O)NCCCc1nnc3ccccn13)C2. The third kappa shape index (κ3) is 3.19. The summed E-state index contributed by atoms with van der Waals surface area (Å²) in [6.45, 7) is 4.65. The lowest BCUT2D eigenvalue weighted by atomic mass is 10.3. The van der Waals surface area contributed by atoms with E-state index in [1.54, 1.807) is 0 Å². The summed E-state index contributed by atoms with van der Waals surface area (Å²) < 4.78 is 3.96. The average molecular weight is 339 g/mol. The Labute approximate surface area is 145 Å². The van der Waals surface area contributed by atoms with Crippen LogP contribution >= 0.6 is 0 Å². The summed E-state index contributed by atoms with van der Waals surface area (Å²) in [5.74, 6) is 0.919. The molecule has 1 N–H and O–H groups in total. The van der Waals surface area contributed by atoms with Crippen molar-refractivity contribution < 1.29 is 4.79 Å². The van der Waals surface area contributed by atoms with Gasteiger partial charge < -0.3 is 10.2 Å². The van der Waals surface area contributed by atoms with Gasteiger partial charge in [0, 0.05) is 25.7 Å². The van der Waals surface area contributed by atoms with Crippen LogP contribution in [0.4, 0.5) is 4.79 Å². The number of fused-ring (bicyclic) bond motifs is 2. The van der Waals surface area contributed by atoms with Gasteiger partial charge in [0.1, 0.15) is 5.82 Å². The van der Waals surface area contributed by atoms with Crippen molar-refractivity contribution in [2.24, 2.45) is 0 Å². The first-order valence-electron chi connectivity index (χ1n) is 8.55. The minimum atomic E-state index is -0.0174. The van der Waals surface area contributed by atoms with Gasteiger partial charge >= 0.3 is 6.03 Å². The summed E-state index contributed by atoms with van der Waals surface area (Å²) in [6, 6.07) is 7.86. The van der Waals surface area contributed by atoms with Gasteiger partial charge in [0.15, 0.2) is 5.65 Å². The molecule has 0 aliphatic carbocycles. The van der Waals surface area contributed by atoms with Crippen LogP contribution in [0.1, 0.15) is 23.6 Å². The summed E-state index contributed by atoms with van der Waals surface area (Å²) in [7, 11) is 0. The van der Waals surface area contributed by atoms with Crippen LogP contribution in [0.2, 0.25) is 0 Å². The fourth-order valence-corrected chi connectivity index (χ4v) is 3.20. The van der Waals surface area contributed by atoms with Crippen molar-refractivity contribution in [3.63, 3.8) is 0 Å². The molecule has 8 nitrogen and oxygen atoms in total. The van der Waals surface area contributed by atoms with Crippen molar-refractivity contribution in [2.75, 3.05) is 13.1 Å². The highest BCUT2D eigenvalue weighted by atomic mass is 16.2. The highest BCUT2D eigenvalue weighted by Crippen LogP contribution is 2.13. The lowest BCUT2D eigenvalue weighted by Gasteiger charge is -2.27. The van der Waals surface area contributed by atoms with E-state index < -0.39 is 0 Å². The van der Waals surface area contributed by atoms with Crippen LogP contribution in [-0.2, 0) is 19.5 Å². The first-order chi connectivity index (χ1) is 12.2. The standard InChI is InChI=1S/C17H21N7O/c1-13-11-14-12-22(9-10-24(14)21-13)17(25)18-7-4-6-16-20-19-15-5-2-3-8-23(15)16/h2-3,5,8,11H,4,6-7,9-10,12H2,1H3,(H,18,25). The molecule has 0 atom stereocenters. The number of pyridine rings is 1. The molecule has 0 saturated heterocycles. The summed E-state index contributed by atoms with van der Waals surface area (Å²) in [4.78, 5) is 14.2. The van der Waals surface area contributed by atoms with Crippen LogP contribution in [-0.4, -0.2) is 48.4 Å². The molecule has 1 aliphatic heterocycles. The molecule has 4 heterocycles. The lowest BCUT2D eigenvalue weighted by Crippen LogP contribution is -2.44. The molecule has 3 aromatic rings. The molecular formula is C17H21N7O. The highest BCUT2D eigenvalue weighted by molar-refractivity contribution is 5.74. The highest BCUT2D eigenvalue weighted by Gasteiger charge is 2.21. The Morgan fingerprint density at radius 1 is 1.28 bits per heavy atom. The smallest absolute Gasteiger partial charge is 0.317 e. The number of amides is 2. The van der Waals surface area contributed by atoms with Gasteiger partial charge in [0.2, 0.25) is 0 Å². The number of carbonyl (C=O) groups is 1. The van der Waals surface area contributed by atoms with Gasteiger partial charge in [-0.15, -0.1) is 10.2 Å². The molecule has 0 fully saturated rings. The number of hydrogen-bond donors (Lipinski definition) is 1. The first-order valence-corrected chi connectivity index (χ1v) is 8.55. The van der Waals surface area contributed by atoms with Crippen LogP contribution in [0.25, 0.3) is 5.65 Å². The Kier molecular flexibility index (Phi) is 4.09. The van der Waals surface area contributed by atoms with E-state index in [2.05, 4.69) is 20.6 Å². The summed E-state index contributed by atoms with van der Waals surface area (Å²) in [5, 5.41) is 15.8. The Morgan fingerprint density at radius 2 is 2.20 bits per heavy atom. The largest absolute Gasteiger partial charge is 0.338 e. The number of nitrogens with one attached hydrogen (secondary N) is 1. The number of carbonyl (C=O) groups excluding carboxylic acids is 1. The molecule has 0 saturated carbocycles. The Balaban J connectivity index is 1.27. The van der Waals surface area contributed by atoms with E-state index in [-0.39, 0.29) is 6.03 Å². The molecule has 0 unspecified atom stereocenters. The number of aromatic nitrogens is 5. The second-order valence-corrected chi connectivity index (χ2v) is 6.30. The monoisotopic (exact) mass is 339 g/mol. The average Bonchev–Trinajstić information content (AvgIpc) is 3.20. The zero-order valence-corrected chi connectivity index (χ0v) is 14.2. The van der Waals surface area contributed by atoms with Crippen molar-refractivity contribution in [1.82, 2.24) is 34.6 Å². The molecule has 8 heteroatoms. The second kappa shape index (κ2) is 6.54. The molecule has 0 aromatic carbocycles. The fraction of sp³-hybridized carbons (Fsp3) is 0.412. The van der Waals surface area contributed by atoms with Gasteiger partial charge in [0.05, 0.1) is 24.5 Å². The number of aryl methyl sites for hydroxylation is 2. The van der Waals surface area contributed by atoms with Crippen LogP contribution < -0.4 is 5.32 Å². The maximum atomic E-state index is 12.3. The van der Waals surface area contributed by atoms with Crippen LogP contribution in [0.15, 0.2) is 30.5 Å². The zero-order chi connectivity index (χ0) is 17.2. The van der Waals surface area contributed by atoms with Crippen LogP contribution in [0.3, 0.4) is 0 Å². The first kappa shape index (κ1) is 15.6. The molecule has 1 aliphatic rings. The zero-order valence-electron chi connectivity index (χ0n) is 14.2. The molecule has 130 valence electrons. The number of nitrogens with zero attached hydrogens (tertiary/aromatic N) is 6. The van der Waals surface area contributed by atoms with Crippen molar-refractivity contribution in [3.8, 4) is 0 Å². The predicted molar refractivity (Wildman–Crippen MR) is 92.1 cm³/mol. The Bertz CT molecular complexity index is 897. The number of hydrogen-bond acceptors (Lipinski definition) is 4. The topological polar surface area (TPSA) is 80.3 Å². The van der Waals surface area contributed by atoms with Crippen molar-refractivity contribution in [2.45, 2.75) is 32.9 Å². The quantitative estimate of drug-likeness (QED) is 0.729. The summed E-state index contributed by atoms with van der Waals surface area (Å²) in [5.41, 5.74) is 2.94. The molecule has 3 aromatic heterocycles. The van der Waals surface area contributed by atoms with E-state index in [4.69, 9.17) is 0 Å². The van der Waals surface area contributed by atoms with Gasteiger partial charge in [-0.25, -0.2) is 4.79 Å². The summed E-state index contributed by atoms with van der Waals surface area (Å²) in [6.07, 6.45) is 3.56. The second-order valence-electron chi connectivity index (χ2n) is 6.30. The maximum Gasteiger partial charge on any atom is 0.317 e. The fourth-order valence-electron chi connectivity index (χ4n) is 3.20. The predicted octanol–water partition coefficient (Wildman–Crippen LogP) is 1.39. The molecule has 0 radical (unpaired) electrons. The van der Waals surface area contributed by atoms with E-state index in [1.807, 2.05) is 51.4 Å². The van der Waals surface area contributed by atoms with E-state index in [0.717, 1.165) is 42.2 Å². The molecule has 2 amide bonds. The molecule has 0 bridgehead atoms. The molecule has 4 rings (SSSR count).